The van der Waals surface area contributed by atoms with Crippen molar-refractivity contribution < 1.29 is 4.79 Å². The quantitative estimate of drug-likeness (QED) is 0.612. The number of amides is 1. The van der Waals surface area contributed by atoms with Crippen molar-refractivity contribution in [3.8, 4) is 10.6 Å². The Morgan fingerprint density at radius 3 is 2.40 bits per heavy atom. The lowest BCUT2D eigenvalue weighted by molar-refractivity contribution is 0.102. The first kappa shape index (κ1) is 15.5. The molecular weight excluding hydrogens is 334 g/mol. The van der Waals surface area contributed by atoms with Crippen molar-refractivity contribution in [2.75, 3.05) is 5.32 Å². The van der Waals surface area contributed by atoms with Gasteiger partial charge in [-0.2, -0.15) is 9.61 Å². The van der Waals surface area contributed by atoms with Crippen molar-refractivity contribution in [1.29, 1.82) is 0 Å². The number of carbonyl (C=O) groups is 1. The van der Waals surface area contributed by atoms with Gasteiger partial charge in [0.2, 0.25) is 4.96 Å². The van der Waals surface area contributed by atoms with Gasteiger partial charge in [-0.3, -0.25) is 4.79 Å². The van der Waals surface area contributed by atoms with Crippen LogP contribution in [0.2, 0.25) is 0 Å². The minimum atomic E-state index is -0.123. The number of hydrogen-bond acceptors (Lipinski definition) is 5. The maximum atomic E-state index is 12.3. The van der Waals surface area contributed by atoms with Crippen molar-refractivity contribution in [3.63, 3.8) is 0 Å². The zero-order valence-corrected chi connectivity index (χ0v) is 14.5. The zero-order valence-electron chi connectivity index (χ0n) is 13.7. The minimum absolute atomic E-state index is 0.123. The van der Waals surface area contributed by atoms with Gasteiger partial charge >= 0.3 is 0 Å². The van der Waals surface area contributed by atoms with Gasteiger partial charge in [-0.1, -0.05) is 29.0 Å². The summed E-state index contributed by atoms with van der Waals surface area (Å²) >= 11 is 1.48. The standard InChI is InChI=1S/C18H15N5OS/c1-11-3-5-13(6-4-11)16(24)19-15-9-7-14(8-10-15)17-22-23-12(2)20-21-18(23)25-17/h3-10H,1-2H3,(H,19,24). The van der Waals surface area contributed by atoms with E-state index in [-0.39, 0.29) is 5.91 Å². The van der Waals surface area contributed by atoms with E-state index < -0.39 is 0 Å². The summed E-state index contributed by atoms with van der Waals surface area (Å²) < 4.78 is 1.73. The summed E-state index contributed by atoms with van der Waals surface area (Å²) in [5.74, 6) is 0.640. The molecule has 0 bridgehead atoms. The summed E-state index contributed by atoms with van der Waals surface area (Å²) in [6.45, 7) is 3.86. The second kappa shape index (κ2) is 6.10. The summed E-state index contributed by atoms with van der Waals surface area (Å²) in [5.41, 5.74) is 3.48. The molecule has 2 aromatic heterocycles. The molecule has 124 valence electrons. The third-order valence-electron chi connectivity index (χ3n) is 3.85. The molecule has 7 heteroatoms. The molecule has 4 rings (SSSR count). The van der Waals surface area contributed by atoms with Crippen LogP contribution in [-0.4, -0.2) is 25.7 Å². The molecule has 2 heterocycles. The summed E-state index contributed by atoms with van der Waals surface area (Å²) in [7, 11) is 0. The molecule has 4 aromatic rings. The number of carbonyl (C=O) groups excluding carboxylic acids is 1. The number of nitrogens with one attached hydrogen (secondary N) is 1. The Balaban J connectivity index is 1.53. The summed E-state index contributed by atoms with van der Waals surface area (Å²) in [6, 6.07) is 15.1. The number of rotatable bonds is 3. The van der Waals surface area contributed by atoms with Crippen molar-refractivity contribution in [2.24, 2.45) is 0 Å². The van der Waals surface area contributed by atoms with Gasteiger partial charge in [-0.25, -0.2) is 0 Å². The van der Waals surface area contributed by atoms with Crippen LogP contribution in [0.3, 0.4) is 0 Å². The zero-order chi connectivity index (χ0) is 17.4. The van der Waals surface area contributed by atoms with Gasteiger partial charge in [0.25, 0.3) is 5.91 Å². The van der Waals surface area contributed by atoms with E-state index in [4.69, 9.17) is 0 Å². The fraction of sp³-hybridized carbons (Fsp3) is 0.111. The molecule has 0 saturated carbocycles. The highest BCUT2D eigenvalue weighted by atomic mass is 32.1. The van der Waals surface area contributed by atoms with Gasteiger partial charge in [-0.05, 0) is 50.2 Å². The van der Waals surface area contributed by atoms with Gasteiger partial charge in [0.15, 0.2) is 5.82 Å². The lowest BCUT2D eigenvalue weighted by atomic mass is 10.1. The molecular formula is C18H15N5OS. The van der Waals surface area contributed by atoms with Crippen LogP contribution in [0.1, 0.15) is 21.7 Å². The highest BCUT2D eigenvalue weighted by Gasteiger charge is 2.11. The van der Waals surface area contributed by atoms with Crippen LogP contribution >= 0.6 is 11.3 Å². The van der Waals surface area contributed by atoms with Gasteiger partial charge in [0.1, 0.15) is 5.01 Å². The summed E-state index contributed by atoms with van der Waals surface area (Å²) in [6.07, 6.45) is 0. The van der Waals surface area contributed by atoms with Gasteiger partial charge in [0.05, 0.1) is 0 Å². The first-order valence-electron chi connectivity index (χ1n) is 7.77. The highest BCUT2D eigenvalue weighted by Crippen LogP contribution is 2.26. The van der Waals surface area contributed by atoms with Gasteiger partial charge in [0, 0.05) is 16.8 Å². The average molecular weight is 349 g/mol. The van der Waals surface area contributed by atoms with E-state index in [2.05, 4.69) is 20.6 Å². The molecule has 0 radical (unpaired) electrons. The largest absolute Gasteiger partial charge is 0.322 e. The SMILES string of the molecule is Cc1ccc(C(=O)Nc2ccc(-c3nn4c(C)nnc4s3)cc2)cc1. The maximum absolute atomic E-state index is 12.3. The second-order valence-corrected chi connectivity index (χ2v) is 6.70. The predicted molar refractivity (Wildman–Crippen MR) is 98.0 cm³/mol. The number of fused-ring (bicyclic) bond motifs is 1. The summed E-state index contributed by atoms with van der Waals surface area (Å²) in [4.78, 5) is 13.0. The Morgan fingerprint density at radius 1 is 1.00 bits per heavy atom. The third-order valence-corrected chi connectivity index (χ3v) is 4.80. The summed E-state index contributed by atoms with van der Waals surface area (Å²) in [5, 5.41) is 16.3. The number of aromatic nitrogens is 4. The molecule has 2 aromatic carbocycles. The minimum Gasteiger partial charge on any atom is -0.322 e. The van der Waals surface area contributed by atoms with E-state index >= 15 is 0 Å². The maximum Gasteiger partial charge on any atom is 0.255 e. The molecule has 6 nitrogen and oxygen atoms in total. The number of hydrogen-bond donors (Lipinski definition) is 1. The van der Waals surface area contributed by atoms with Crippen molar-refractivity contribution in [2.45, 2.75) is 13.8 Å². The fourth-order valence-corrected chi connectivity index (χ4v) is 3.33. The van der Waals surface area contributed by atoms with Crippen LogP contribution in [0.5, 0.6) is 0 Å². The molecule has 0 saturated heterocycles. The van der Waals surface area contributed by atoms with Crippen LogP contribution < -0.4 is 5.32 Å². The molecule has 1 N–H and O–H groups in total. The molecule has 25 heavy (non-hydrogen) atoms. The van der Waals surface area contributed by atoms with Crippen LogP contribution in [0, 0.1) is 13.8 Å². The van der Waals surface area contributed by atoms with E-state index in [1.54, 1.807) is 4.52 Å². The first-order chi connectivity index (χ1) is 12.1. The topological polar surface area (TPSA) is 72.2 Å². The van der Waals surface area contributed by atoms with E-state index in [1.807, 2.05) is 62.4 Å². The van der Waals surface area contributed by atoms with Crippen LogP contribution in [0.15, 0.2) is 48.5 Å². The fourth-order valence-electron chi connectivity index (χ4n) is 2.44. The third kappa shape index (κ3) is 3.01. The number of aryl methyl sites for hydroxylation is 2. The van der Waals surface area contributed by atoms with Gasteiger partial charge < -0.3 is 5.32 Å². The van der Waals surface area contributed by atoms with E-state index in [0.29, 0.717) is 5.56 Å². The van der Waals surface area contributed by atoms with Crippen LogP contribution in [0.4, 0.5) is 5.69 Å². The number of anilines is 1. The van der Waals surface area contributed by atoms with Gasteiger partial charge in [-0.15, -0.1) is 10.2 Å². The molecule has 0 atom stereocenters. The van der Waals surface area contributed by atoms with Crippen molar-refractivity contribution in [3.05, 3.63) is 65.5 Å². The monoisotopic (exact) mass is 349 g/mol. The van der Waals surface area contributed by atoms with E-state index in [1.165, 1.54) is 11.3 Å². The normalized spacial score (nSPS) is 11.0. The molecule has 0 aliphatic heterocycles. The Morgan fingerprint density at radius 2 is 1.72 bits per heavy atom. The first-order valence-corrected chi connectivity index (χ1v) is 8.59. The Hall–Kier alpha value is -3.06. The number of benzene rings is 2. The lowest BCUT2D eigenvalue weighted by Gasteiger charge is -2.06. The highest BCUT2D eigenvalue weighted by molar-refractivity contribution is 7.19. The molecule has 0 aliphatic carbocycles. The van der Waals surface area contributed by atoms with E-state index in [9.17, 15) is 4.79 Å². The predicted octanol–water partition coefficient (Wildman–Crippen LogP) is 3.72. The smallest absolute Gasteiger partial charge is 0.255 e. The van der Waals surface area contributed by atoms with Crippen LogP contribution in [-0.2, 0) is 0 Å². The molecule has 0 spiro atoms. The Bertz CT molecular complexity index is 1050. The Labute approximate surface area is 148 Å². The van der Waals surface area contributed by atoms with Crippen molar-refractivity contribution >= 4 is 27.9 Å². The average Bonchev–Trinajstić information content (AvgIpc) is 3.18. The van der Waals surface area contributed by atoms with Crippen molar-refractivity contribution in [1.82, 2.24) is 19.8 Å². The second-order valence-electron chi connectivity index (χ2n) is 5.75. The Kier molecular flexibility index (Phi) is 3.77. The molecule has 0 fully saturated rings. The molecule has 1 amide bonds. The van der Waals surface area contributed by atoms with Crippen LogP contribution in [0.25, 0.3) is 15.5 Å². The molecule has 0 aliphatic rings. The molecule has 0 unspecified atom stereocenters. The van der Waals surface area contributed by atoms with E-state index in [0.717, 1.165) is 32.6 Å². The lowest BCUT2D eigenvalue weighted by Crippen LogP contribution is -2.11. The number of nitrogens with zero attached hydrogens (tertiary/aromatic N) is 4.